The molecule has 0 bridgehead atoms. The summed E-state index contributed by atoms with van der Waals surface area (Å²) in [6.45, 7) is 7.74. The number of rotatable bonds is 2. The summed E-state index contributed by atoms with van der Waals surface area (Å²) in [6, 6.07) is 4.23. The monoisotopic (exact) mass is 368 g/mol. The Morgan fingerprint density at radius 2 is 2.05 bits per heavy atom. The van der Waals surface area contributed by atoms with Gasteiger partial charge < -0.3 is 14.9 Å². The zero-order valence-electron chi connectivity index (χ0n) is 14.0. The minimum Gasteiger partial charge on any atom is -0.465 e. The average molecular weight is 369 g/mol. The SMILES string of the molecule is CN(C)Cc1cc(Br)c2c(c1)CCN(C(=O)O)C2C(C)(C)C. The van der Waals surface area contributed by atoms with Gasteiger partial charge in [-0.05, 0) is 48.7 Å². The van der Waals surface area contributed by atoms with Crippen LogP contribution >= 0.6 is 15.9 Å². The number of carboxylic acid groups (broad SMARTS) is 1. The van der Waals surface area contributed by atoms with E-state index < -0.39 is 6.09 Å². The highest BCUT2D eigenvalue weighted by Gasteiger charge is 2.39. The summed E-state index contributed by atoms with van der Waals surface area (Å²) in [6.07, 6.45) is -0.0662. The van der Waals surface area contributed by atoms with Crippen LogP contribution < -0.4 is 0 Å². The lowest BCUT2D eigenvalue weighted by atomic mass is 9.77. The zero-order chi connectivity index (χ0) is 16.7. The number of hydrogen-bond donors (Lipinski definition) is 1. The van der Waals surface area contributed by atoms with E-state index in [-0.39, 0.29) is 11.5 Å². The molecule has 5 heteroatoms. The first-order valence-electron chi connectivity index (χ1n) is 7.56. The predicted molar refractivity (Wildman–Crippen MR) is 92.2 cm³/mol. The van der Waals surface area contributed by atoms with Gasteiger partial charge in [0.2, 0.25) is 0 Å². The quantitative estimate of drug-likeness (QED) is 0.852. The van der Waals surface area contributed by atoms with Crippen LogP contribution in [0.1, 0.15) is 43.5 Å². The predicted octanol–water partition coefficient (Wildman–Crippen LogP) is 4.13. The Hall–Kier alpha value is -1.07. The average Bonchev–Trinajstić information content (AvgIpc) is 2.35. The van der Waals surface area contributed by atoms with Gasteiger partial charge in [-0.15, -0.1) is 0 Å². The molecule has 1 N–H and O–H groups in total. The highest BCUT2D eigenvalue weighted by molar-refractivity contribution is 9.10. The molecule has 1 aliphatic heterocycles. The van der Waals surface area contributed by atoms with Crippen molar-refractivity contribution < 1.29 is 9.90 Å². The fourth-order valence-corrected chi connectivity index (χ4v) is 4.10. The largest absolute Gasteiger partial charge is 0.465 e. The number of carbonyl (C=O) groups is 1. The Kier molecular flexibility index (Phi) is 4.87. The van der Waals surface area contributed by atoms with E-state index in [4.69, 9.17) is 0 Å². The van der Waals surface area contributed by atoms with Crippen LogP contribution in [0.3, 0.4) is 0 Å². The van der Waals surface area contributed by atoms with Gasteiger partial charge in [0.15, 0.2) is 0 Å². The Morgan fingerprint density at radius 3 is 2.55 bits per heavy atom. The van der Waals surface area contributed by atoms with E-state index in [1.54, 1.807) is 4.90 Å². The summed E-state index contributed by atoms with van der Waals surface area (Å²) in [5.74, 6) is 0. The van der Waals surface area contributed by atoms with Crippen LogP contribution in [0.15, 0.2) is 16.6 Å². The molecule has 0 aliphatic carbocycles. The topological polar surface area (TPSA) is 43.8 Å². The van der Waals surface area contributed by atoms with Crippen molar-refractivity contribution in [3.8, 4) is 0 Å². The summed E-state index contributed by atoms with van der Waals surface area (Å²) < 4.78 is 1.02. The van der Waals surface area contributed by atoms with Gasteiger partial charge in [0.1, 0.15) is 0 Å². The zero-order valence-corrected chi connectivity index (χ0v) is 15.6. The van der Waals surface area contributed by atoms with Gasteiger partial charge >= 0.3 is 6.09 Å². The van der Waals surface area contributed by atoms with Gasteiger partial charge in [0.05, 0.1) is 6.04 Å². The summed E-state index contributed by atoms with van der Waals surface area (Å²) in [5, 5.41) is 9.57. The molecule has 122 valence electrons. The van der Waals surface area contributed by atoms with Gasteiger partial charge in [-0.2, -0.15) is 0 Å². The van der Waals surface area contributed by atoms with Crippen LogP contribution in [-0.4, -0.2) is 41.6 Å². The van der Waals surface area contributed by atoms with E-state index in [1.807, 2.05) is 0 Å². The molecule has 1 unspecified atom stereocenters. The molecular formula is C17H25BrN2O2. The molecule has 0 saturated heterocycles. The van der Waals surface area contributed by atoms with E-state index in [9.17, 15) is 9.90 Å². The van der Waals surface area contributed by atoms with E-state index in [0.717, 1.165) is 23.0 Å². The first kappa shape index (κ1) is 17.3. The minimum absolute atomic E-state index is 0.128. The van der Waals surface area contributed by atoms with E-state index >= 15 is 0 Å². The Labute approximate surface area is 141 Å². The maximum Gasteiger partial charge on any atom is 0.407 e. The van der Waals surface area contributed by atoms with Crippen LogP contribution in [0.5, 0.6) is 0 Å². The van der Waals surface area contributed by atoms with Crippen LogP contribution in [0.2, 0.25) is 0 Å². The molecule has 1 heterocycles. The Morgan fingerprint density at radius 1 is 1.41 bits per heavy atom. The van der Waals surface area contributed by atoms with Gasteiger partial charge in [-0.1, -0.05) is 42.8 Å². The van der Waals surface area contributed by atoms with Crippen LogP contribution in [0, 0.1) is 5.41 Å². The molecule has 4 nitrogen and oxygen atoms in total. The number of fused-ring (bicyclic) bond motifs is 1. The summed E-state index contributed by atoms with van der Waals surface area (Å²) in [5.41, 5.74) is 3.50. The second-order valence-corrected chi connectivity index (χ2v) is 8.24. The molecule has 0 aromatic heterocycles. The highest BCUT2D eigenvalue weighted by atomic mass is 79.9. The van der Waals surface area contributed by atoms with Crippen molar-refractivity contribution >= 4 is 22.0 Å². The molecule has 0 saturated carbocycles. The number of hydrogen-bond acceptors (Lipinski definition) is 2. The van der Waals surface area contributed by atoms with Crippen molar-refractivity contribution in [1.29, 1.82) is 0 Å². The molecule has 22 heavy (non-hydrogen) atoms. The van der Waals surface area contributed by atoms with Gasteiger partial charge in [-0.25, -0.2) is 4.79 Å². The van der Waals surface area contributed by atoms with Crippen molar-refractivity contribution in [2.75, 3.05) is 20.6 Å². The van der Waals surface area contributed by atoms with Gasteiger partial charge in [0, 0.05) is 17.6 Å². The third-order valence-electron chi connectivity index (χ3n) is 4.05. The molecule has 0 spiro atoms. The lowest BCUT2D eigenvalue weighted by molar-refractivity contribution is 0.0755. The van der Waals surface area contributed by atoms with Crippen molar-refractivity contribution in [2.24, 2.45) is 5.41 Å². The molecular weight excluding hydrogens is 344 g/mol. The van der Waals surface area contributed by atoms with Gasteiger partial charge in [-0.3, -0.25) is 0 Å². The maximum atomic E-state index is 11.6. The standard InChI is InChI=1S/C17H25BrN2O2/c1-17(2,3)15-14-12(6-7-20(15)16(21)22)8-11(9-13(14)18)10-19(4)5/h8-9,15H,6-7,10H2,1-5H3,(H,21,22). The van der Waals surface area contributed by atoms with E-state index in [1.165, 1.54) is 11.1 Å². The molecule has 1 atom stereocenters. The molecule has 1 aliphatic rings. The summed E-state index contributed by atoms with van der Waals surface area (Å²) in [4.78, 5) is 15.4. The van der Waals surface area contributed by atoms with Crippen molar-refractivity contribution in [1.82, 2.24) is 9.80 Å². The maximum absolute atomic E-state index is 11.6. The molecule has 1 aromatic carbocycles. The van der Waals surface area contributed by atoms with E-state index in [0.29, 0.717) is 6.54 Å². The van der Waals surface area contributed by atoms with Crippen LogP contribution in [-0.2, 0) is 13.0 Å². The molecule has 0 fully saturated rings. The van der Waals surface area contributed by atoms with Crippen molar-refractivity contribution in [2.45, 2.75) is 39.8 Å². The highest BCUT2D eigenvalue weighted by Crippen LogP contribution is 2.45. The molecule has 1 aromatic rings. The lowest BCUT2D eigenvalue weighted by Gasteiger charge is -2.43. The second-order valence-electron chi connectivity index (χ2n) is 7.38. The van der Waals surface area contributed by atoms with Crippen molar-refractivity contribution in [3.05, 3.63) is 33.3 Å². The van der Waals surface area contributed by atoms with Crippen LogP contribution in [0.4, 0.5) is 4.79 Å². The normalized spacial score (nSPS) is 18.5. The summed E-state index contributed by atoms with van der Waals surface area (Å²) >= 11 is 3.69. The first-order chi connectivity index (χ1) is 10.1. The molecule has 0 radical (unpaired) electrons. The number of benzene rings is 1. The molecule has 2 rings (SSSR count). The third-order valence-corrected chi connectivity index (χ3v) is 4.70. The second kappa shape index (κ2) is 6.20. The lowest BCUT2D eigenvalue weighted by Crippen LogP contribution is -2.45. The summed E-state index contributed by atoms with van der Waals surface area (Å²) in [7, 11) is 4.11. The Bertz CT molecular complexity index is 579. The fraction of sp³-hybridized carbons (Fsp3) is 0.588. The van der Waals surface area contributed by atoms with Gasteiger partial charge in [0.25, 0.3) is 0 Å². The van der Waals surface area contributed by atoms with Crippen LogP contribution in [0.25, 0.3) is 0 Å². The van der Waals surface area contributed by atoms with Crippen molar-refractivity contribution in [3.63, 3.8) is 0 Å². The third kappa shape index (κ3) is 3.46. The minimum atomic E-state index is -0.838. The number of halogens is 1. The Balaban J connectivity index is 2.53. The molecule has 1 amide bonds. The fourth-order valence-electron chi connectivity index (χ4n) is 3.34. The van der Waals surface area contributed by atoms with E-state index in [2.05, 4.69) is 67.8 Å². The first-order valence-corrected chi connectivity index (χ1v) is 8.36. The number of nitrogens with zero attached hydrogens (tertiary/aromatic N) is 2. The smallest absolute Gasteiger partial charge is 0.407 e. The number of amides is 1.